The average Bonchev–Trinajstić information content (AvgIpc) is 2.34. The molecule has 0 aromatic carbocycles. The summed E-state index contributed by atoms with van der Waals surface area (Å²) < 4.78 is 0. The van der Waals surface area contributed by atoms with E-state index in [4.69, 9.17) is 5.73 Å². The maximum absolute atomic E-state index is 11.8. The minimum absolute atomic E-state index is 0.0265. The number of carbonyl (C=O) groups is 2. The Morgan fingerprint density at radius 2 is 2.18 bits per heavy atom. The smallest absolute Gasteiger partial charge is 0.237 e. The van der Waals surface area contributed by atoms with E-state index in [1.807, 2.05) is 6.92 Å². The van der Waals surface area contributed by atoms with E-state index in [0.717, 1.165) is 19.4 Å². The molecule has 3 N–H and O–H groups in total. The van der Waals surface area contributed by atoms with E-state index in [-0.39, 0.29) is 12.5 Å². The Bertz CT molecular complexity index is 262. The summed E-state index contributed by atoms with van der Waals surface area (Å²) in [7, 11) is 0. The second kappa shape index (κ2) is 7.27. The second-order valence-corrected chi connectivity index (χ2v) is 4.56. The summed E-state index contributed by atoms with van der Waals surface area (Å²) in [6, 6.07) is 0.458. The molecule has 0 bridgehead atoms. The lowest BCUT2D eigenvalue weighted by Crippen LogP contribution is -2.40. The van der Waals surface area contributed by atoms with E-state index in [0.29, 0.717) is 19.0 Å². The topological polar surface area (TPSA) is 75.4 Å². The van der Waals surface area contributed by atoms with E-state index in [1.54, 1.807) is 0 Å². The molecule has 0 aliphatic carbocycles. The number of carbonyl (C=O) groups excluding carboxylic acids is 2. The fourth-order valence-corrected chi connectivity index (χ4v) is 2.19. The molecule has 0 aromatic rings. The molecule has 1 saturated heterocycles. The fourth-order valence-electron chi connectivity index (χ4n) is 2.19. The molecule has 1 aliphatic heterocycles. The van der Waals surface area contributed by atoms with Crippen molar-refractivity contribution in [3.63, 3.8) is 0 Å². The largest absolute Gasteiger partial charge is 0.368 e. The number of piperidine rings is 1. The first-order valence-corrected chi connectivity index (χ1v) is 6.43. The summed E-state index contributed by atoms with van der Waals surface area (Å²) in [5, 5.41) is 3.41. The van der Waals surface area contributed by atoms with Gasteiger partial charge in [0.15, 0.2) is 0 Å². The monoisotopic (exact) mass is 241 g/mol. The zero-order valence-corrected chi connectivity index (χ0v) is 10.6. The van der Waals surface area contributed by atoms with Crippen molar-refractivity contribution >= 4 is 11.8 Å². The normalized spacial score (nSPS) is 19.9. The zero-order valence-electron chi connectivity index (χ0n) is 10.6. The third kappa shape index (κ3) is 5.17. The van der Waals surface area contributed by atoms with Gasteiger partial charge in [0.05, 0.1) is 6.54 Å². The molecule has 0 aromatic heterocycles. The van der Waals surface area contributed by atoms with Gasteiger partial charge in [0.1, 0.15) is 0 Å². The number of rotatable bonds is 6. The Morgan fingerprint density at radius 3 is 2.71 bits per heavy atom. The quantitative estimate of drug-likeness (QED) is 0.699. The van der Waals surface area contributed by atoms with Crippen LogP contribution in [-0.2, 0) is 9.59 Å². The first-order chi connectivity index (χ1) is 8.13. The molecule has 1 aliphatic rings. The summed E-state index contributed by atoms with van der Waals surface area (Å²) in [5.74, 6) is -0.422. The van der Waals surface area contributed by atoms with Crippen LogP contribution in [0.1, 0.15) is 39.0 Å². The zero-order chi connectivity index (χ0) is 12.7. The van der Waals surface area contributed by atoms with Gasteiger partial charge >= 0.3 is 0 Å². The van der Waals surface area contributed by atoms with E-state index in [2.05, 4.69) is 5.32 Å². The first kappa shape index (κ1) is 14.0. The predicted octanol–water partition coefficient (Wildman–Crippen LogP) is 0.243. The molecule has 2 amide bonds. The van der Waals surface area contributed by atoms with Crippen LogP contribution in [0.2, 0.25) is 0 Å². The van der Waals surface area contributed by atoms with Crippen molar-refractivity contribution in [2.75, 3.05) is 19.6 Å². The predicted molar refractivity (Wildman–Crippen MR) is 66.3 cm³/mol. The number of nitrogens with zero attached hydrogens (tertiary/aromatic N) is 1. The van der Waals surface area contributed by atoms with Crippen LogP contribution in [0, 0.1) is 0 Å². The van der Waals surface area contributed by atoms with Gasteiger partial charge in [-0.3, -0.25) is 9.59 Å². The van der Waals surface area contributed by atoms with Crippen LogP contribution in [-0.4, -0.2) is 42.4 Å². The molecule has 98 valence electrons. The van der Waals surface area contributed by atoms with Gasteiger partial charge in [-0.1, -0.05) is 6.42 Å². The summed E-state index contributed by atoms with van der Waals surface area (Å²) in [5.41, 5.74) is 5.10. The summed E-state index contributed by atoms with van der Waals surface area (Å²) in [4.78, 5) is 24.2. The van der Waals surface area contributed by atoms with Crippen molar-refractivity contribution < 1.29 is 9.59 Å². The van der Waals surface area contributed by atoms with E-state index >= 15 is 0 Å². The lowest BCUT2D eigenvalue weighted by Gasteiger charge is -2.25. The minimum atomic E-state index is -0.448. The highest BCUT2D eigenvalue weighted by Gasteiger charge is 2.17. The average molecular weight is 241 g/mol. The molecule has 1 rings (SSSR count). The summed E-state index contributed by atoms with van der Waals surface area (Å²) in [6.45, 7) is 3.49. The maximum Gasteiger partial charge on any atom is 0.237 e. The lowest BCUT2D eigenvalue weighted by molar-refractivity contribution is -0.135. The fraction of sp³-hybridized carbons (Fsp3) is 0.833. The van der Waals surface area contributed by atoms with Gasteiger partial charge < -0.3 is 16.0 Å². The Morgan fingerprint density at radius 1 is 1.41 bits per heavy atom. The second-order valence-electron chi connectivity index (χ2n) is 4.56. The van der Waals surface area contributed by atoms with Gasteiger partial charge in [-0.05, 0) is 32.7 Å². The molecule has 1 atom stereocenters. The summed E-state index contributed by atoms with van der Waals surface area (Å²) >= 11 is 0. The number of hydrogen-bond donors (Lipinski definition) is 2. The van der Waals surface area contributed by atoms with Gasteiger partial charge in [-0.25, -0.2) is 0 Å². The van der Waals surface area contributed by atoms with Crippen molar-refractivity contribution in [3.05, 3.63) is 0 Å². The van der Waals surface area contributed by atoms with Crippen LogP contribution < -0.4 is 11.1 Å². The number of amides is 2. The van der Waals surface area contributed by atoms with E-state index in [9.17, 15) is 9.59 Å². The molecular formula is C12H23N3O2. The Kier molecular flexibility index (Phi) is 5.97. The van der Waals surface area contributed by atoms with E-state index < -0.39 is 5.91 Å². The highest BCUT2D eigenvalue weighted by atomic mass is 16.2. The van der Waals surface area contributed by atoms with Crippen LogP contribution in [0.3, 0.4) is 0 Å². The van der Waals surface area contributed by atoms with Gasteiger partial charge in [0.25, 0.3) is 0 Å². The van der Waals surface area contributed by atoms with Gasteiger partial charge in [0.2, 0.25) is 11.8 Å². The highest BCUT2D eigenvalue weighted by molar-refractivity contribution is 5.83. The molecule has 0 saturated carbocycles. The minimum Gasteiger partial charge on any atom is -0.368 e. The molecule has 5 heteroatoms. The van der Waals surface area contributed by atoms with E-state index in [1.165, 1.54) is 17.7 Å². The van der Waals surface area contributed by atoms with Gasteiger partial charge in [-0.15, -0.1) is 0 Å². The number of hydrogen-bond acceptors (Lipinski definition) is 3. The van der Waals surface area contributed by atoms with Crippen molar-refractivity contribution in [2.24, 2.45) is 5.73 Å². The Hall–Kier alpha value is -1.10. The lowest BCUT2D eigenvalue weighted by atomic mass is 10.0. The van der Waals surface area contributed by atoms with Crippen molar-refractivity contribution in [1.82, 2.24) is 10.2 Å². The third-order valence-electron chi connectivity index (χ3n) is 3.20. The number of primary amides is 1. The maximum atomic E-state index is 11.8. The molecule has 1 fully saturated rings. The third-order valence-corrected chi connectivity index (χ3v) is 3.20. The number of likely N-dealkylation sites (N-methyl/N-ethyl adjacent to an activating group) is 1. The van der Waals surface area contributed by atoms with Crippen LogP contribution in [0.5, 0.6) is 0 Å². The SMILES string of the molecule is CCN(CC(N)=O)C(=O)CCC1CCCCN1. The number of nitrogens with two attached hydrogens (primary N) is 1. The molecule has 5 nitrogen and oxygen atoms in total. The van der Waals surface area contributed by atoms with Crippen molar-refractivity contribution in [1.29, 1.82) is 0 Å². The molecule has 17 heavy (non-hydrogen) atoms. The van der Waals surface area contributed by atoms with Crippen molar-refractivity contribution in [2.45, 2.75) is 45.1 Å². The highest BCUT2D eigenvalue weighted by Crippen LogP contribution is 2.12. The van der Waals surface area contributed by atoms with Crippen LogP contribution in [0.25, 0.3) is 0 Å². The number of nitrogens with one attached hydrogen (secondary N) is 1. The molecule has 0 spiro atoms. The van der Waals surface area contributed by atoms with Crippen LogP contribution in [0.15, 0.2) is 0 Å². The van der Waals surface area contributed by atoms with Gasteiger partial charge in [0, 0.05) is 19.0 Å². The van der Waals surface area contributed by atoms with Crippen LogP contribution in [0.4, 0.5) is 0 Å². The Labute approximate surface area is 103 Å². The van der Waals surface area contributed by atoms with Gasteiger partial charge in [-0.2, -0.15) is 0 Å². The van der Waals surface area contributed by atoms with Crippen molar-refractivity contribution in [3.8, 4) is 0 Å². The Balaban J connectivity index is 2.28. The molecule has 1 unspecified atom stereocenters. The molecule has 0 radical (unpaired) electrons. The molecular weight excluding hydrogens is 218 g/mol. The standard InChI is InChI=1S/C12H23N3O2/c1-2-15(9-11(13)16)12(17)7-6-10-5-3-4-8-14-10/h10,14H,2-9H2,1H3,(H2,13,16). The first-order valence-electron chi connectivity index (χ1n) is 6.43. The molecule has 1 heterocycles. The van der Waals surface area contributed by atoms with Crippen LogP contribution >= 0.6 is 0 Å². The summed E-state index contributed by atoms with van der Waals surface area (Å²) in [6.07, 6.45) is 4.97.